The molecule has 0 amide bonds. The summed E-state index contributed by atoms with van der Waals surface area (Å²) >= 11 is 13.4. The fourth-order valence-electron chi connectivity index (χ4n) is 4.30. The molecule has 0 heterocycles. The van der Waals surface area contributed by atoms with Crippen molar-refractivity contribution < 1.29 is 9.32 Å². The first-order valence-corrected chi connectivity index (χ1v) is 11.1. The van der Waals surface area contributed by atoms with Gasteiger partial charge in [-0.1, -0.05) is 80.7 Å². The topological polar surface area (TPSA) is 37.3 Å². The SMILES string of the molecule is CC(C)[C@@H]1CC[C@@H](C)C[C@@]1(O)C(Cl)(Cl)S(=O)c1ccc2ccccc2c1. The molecule has 4 atom stereocenters. The summed E-state index contributed by atoms with van der Waals surface area (Å²) in [5.41, 5.74) is -1.39. The van der Waals surface area contributed by atoms with Crippen LogP contribution in [0.15, 0.2) is 47.4 Å². The van der Waals surface area contributed by atoms with Crippen LogP contribution in [0.1, 0.15) is 40.0 Å². The monoisotopic (exact) mass is 412 g/mol. The smallest absolute Gasteiger partial charge is 0.224 e. The first kappa shape index (κ1) is 20.1. The van der Waals surface area contributed by atoms with E-state index in [1.807, 2.05) is 36.4 Å². The Kier molecular flexibility index (Phi) is 5.75. The molecule has 2 aromatic rings. The molecule has 0 aliphatic heterocycles. The van der Waals surface area contributed by atoms with Crippen molar-refractivity contribution in [3.63, 3.8) is 0 Å². The van der Waals surface area contributed by atoms with Gasteiger partial charge in [-0.2, -0.15) is 0 Å². The highest BCUT2D eigenvalue weighted by molar-refractivity contribution is 7.89. The molecule has 26 heavy (non-hydrogen) atoms. The Labute approximate surface area is 168 Å². The zero-order valence-electron chi connectivity index (χ0n) is 15.4. The van der Waals surface area contributed by atoms with E-state index >= 15 is 0 Å². The van der Waals surface area contributed by atoms with Crippen LogP contribution >= 0.6 is 23.2 Å². The zero-order valence-corrected chi connectivity index (χ0v) is 17.7. The van der Waals surface area contributed by atoms with Crippen molar-refractivity contribution in [1.82, 2.24) is 0 Å². The fraction of sp³-hybridized carbons (Fsp3) is 0.524. The van der Waals surface area contributed by atoms with Crippen molar-refractivity contribution in [2.75, 3.05) is 0 Å². The van der Waals surface area contributed by atoms with E-state index in [4.69, 9.17) is 23.2 Å². The number of hydrogen-bond acceptors (Lipinski definition) is 2. The number of alkyl halides is 2. The van der Waals surface area contributed by atoms with Crippen LogP contribution in [0.3, 0.4) is 0 Å². The molecule has 1 aliphatic carbocycles. The maximum Gasteiger partial charge on any atom is 0.224 e. The number of benzene rings is 2. The Bertz CT molecular complexity index is 821. The van der Waals surface area contributed by atoms with Crippen molar-refractivity contribution in [3.05, 3.63) is 42.5 Å². The Morgan fingerprint density at radius 2 is 1.81 bits per heavy atom. The molecule has 1 aliphatic rings. The van der Waals surface area contributed by atoms with Crippen LogP contribution in [0.25, 0.3) is 10.8 Å². The van der Waals surface area contributed by atoms with Gasteiger partial charge in [0.1, 0.15) is 5.60 Å². The van der Waals surface area contributed by atoms with Gasteiger partial charge in [0.25, 0.3) is 0 Å². The first-order chi connectivity index (χ1) is 12.2. The molecule has 1 N–H and O–H groups in total. The predicted molar refractivity (Wildman–Crippen MR) is 111 cm³/mol. The first-order valence-electron chi connectivity index (χ1n) is 9.17. The minimum Gasteiger partial charge on any atom is -0.385 e. The van der Waals surface area contributed by atoms with Gasteiger partial charge in [-0.05, 0) is 53.5 Å². The molecule has 1 saturated carbocycles. The van der Waals surface area contributed by atoms with E-state index in [1.54, 1.807) is 6.07 Å². The maximum atomic E-state index is 13.4. The van der Waals surface area contributed by atoms with Gasteiger partial charge in [0, 0.05) is 4.90 Å². The molecule has 0 saturated heterocycles. The summed E-state index contributed by atoms with van der Waals surface area (Å²) in [5, 5.41) is 13.6. The highest BCUT2D eigenvalue weighted by atomic mass is 35.5. The second-order valence-electron chi connectivity index (χ2n) is 7.96. The molecule has 2 nitrogen and oxygen atoms in total. The number of hydrogen-bond donors (Lipinski definition) is 1. The molecular formula is C21H26Cl2O2S. The lowest BCUT2D eigenvalue weighted by molar-refractivity contribution is -0.0763. The summed E-state index contributed by atoms with van der Waals surface area (Å²) in [5.74, 6) is 0.413. The van der Waals surface area contributed by atoms with Gasteiger partial charge >= 0.3 is 0 Å². The molecule has 1 unspecified atom stereocenters. The van der Waals surface area contributed by atoms with Crippen LogP contribution in [0, 0.1) is 17.8 Å². The third kappa shape index (κ3) is 3.44. The van der Waals surface area contributed by atoms with E-state index in [9.17, 15) is 9.32 Å². The fourth-order valence-corrected chi connectivity index (χ4v) is 6.54. The summed E-state index contributed by atoms with van der Waals surface area (Å²) in [6.07, 6.45) is 2.32. The lowest BCUT2D eigenvalue weighted by atomic mass is 9.67. The largest absolute Gasteiger partial charge is 0.385 e. The summed E-state index contributed by atoms with van der Waals surface area (Å²) in [7, 11) is -1.76. The van der Waals surface area contributed by atoms with Crippen molar-refractivity contribution in [3.8, 4) is 0 Å². The average molecular weight is 413 g/mol. The maximum absolute atomic E-state index is 13.4. The van der Waals surface area contributed by atoms with Crippen molar-refractivity contribution in [2.45, 2.75) is 54.2 Å². The molecule has 5 heteroatoms. The second kappa shape index (κ2) is 7.43. The van der Waals surface area contributed by atoms with Crippen LogP contribution in [0.5, 0.6) is 0 Å². The number of rotatable bonds is 4. The quantitative estimate of drug-likeness (QED) is 0.634. The Morgan fingerprint density at radius 3 is 2.46 bits per heavy atom. The highest BCUT2D eigenvalue weighted by Crippen LogP contribution is 2.53. The lowest BCUT2D eigenvalue weighted by Gasteiger charge is -2.49. The molecule has 3 rings (SSSR count). The average Bonchev–Trinajstić information content (AvgIpc) is 2.60. The standard InChI is InChI=1S/C21H26Cl2O2S/c1-14(2)19-11-8-15(3)13-20(19,24)21(22,23)26(25)18-10-9-16-6-4-5-7-17(16)12-18/h4-7,9-10,12,14-15,19,24H,8,11,13H2,1-3H3/t15-,19+,20+,26?/m1/s1. The van der Waals surface area contributed by atoms with Gasteiger partial charge in [0.05, 0.1) is 10.8 Å². The number of halogens is 2. The summed E-state index contributed by atoms with van der Waals surface area (Å²) in [4.78, 5) is 0.544. The van der Waals surface area contributed by atoms with Gasteiger partial charge in [0.2, 0.25) is 3.67 Å². The molecule has 0 spiro atoms. The second-order valence-corrected chi connectivity index (χ2v) is 11.4. The van der Waals surface area contributed by atoms with Gasteiger partial charge in [0.15, 0.2) is 0 Å². The Balaban J connectivity index is 2.01. The molecule has 142 valence electrons. The Hall–Kier alpha value is -0.610. The van der Waals surface area contributed by atoms with Gasteiger partial charge in [-0.15, -0.1) is 0 Å². The Morgan fingerprint density at radius 1 is 1.15 bits per heavy atom. The van der Waals surface area contributed by atoms with E-state index in [0.717, 1.165) is 23.6 Å². The van der Waals surface area contributed by atoms with E-state index in [0.29, 0.717) is 17.2 Å². The van der Waals surface area contributed by atoms with E-state index in [-0.39, 0.29) is 11.8 Å². The normalized spacial score (nSPS) is 28.4. The van der Waals surface area contributed by atoms with Gasteiger partial charge < -0.3 is 5.11 Å². The third-order valence-corrected chi connectivity index (χ3v) is 8.72. The third-order valence-electron chi connectivity index (χ3n) is 5.72. The minimum atomic E-state index is -1.76. The molecule has 2 aromatic carbocycles. The highest BCUT2D eigenvalue weighted by Gasteiger charge is 2.59. The number of aliphatic hydroxyl groups is 1. The van der Waals surface area contributed by atoms with E-state index < -0.39 is 20.1 Å². The summed E-state index contributed by atoms with van der Waals surface area (Å²) in [6, 6.07) is 13.4. The van der Waals surface area contributed by atoms with Crippen LogP contribution in [-0.4, -0.2) is 18.6 Å². The minimum absolute atomic E-state index is 0.0851. The molecular weight excluding hydrogens is 387 g/mol. The lowest BCUT2D eigenvalue weighted by Crippen LogP contribution is -2.58. The van der Waals surface area contributed by atoms with Gasteiger partial charge in [-0.25, -0.2) is 0 Å². The van der Waals surface area contributed by atoms with E-state index in [2.05, 4.69) is 20.8 Å². The summed E-state index contributed by atoms with van der Waals surface area (Å²) in [6.45, 7) is 6.22. The molecule has 0 bridgehead atoms. The van der Waals surface area contributed by atoms with Crippen LogP contribution in [0.4, 0.5) is 0 Å². The van der Waals surface area contributed by atoms with E-state index in [1.165, 1.54) is 0 Å². The van der Waals surface area contributed by atoms with Crippen LogP contribution in [0.2, 0.25) is 0 Å². The number of fused-ring (bicyclic) bond motifs is 1. The van der Waals surface area contributed by atoms with Crippen LogP contribution < -0.4 is 0 Å². The molecule has 0 aromatic heterocycles. The molecule has 1 fully saturated rings. The van der Waals surface area contributed by atoms with Crippen molar-refractivity contribution >= 4 is 44.8 Å². The van der Waals surface area contributed by atoms with Crippen molar-refractivity contribution in [1.29, 1.82) is 0 Å². The van der Waals surface area contributed by atoms with Crippen LogP contribution in [-0.2, 0) is 10.8 Å². The molecule has 0 radical (unpaired) electrons. The predicted octanol–water partition coefficient (Wildman–Crippen LogP) is 5.90. The summed E-state index contributed by atoms with van der Waals surface area (Å²) < 4.78 is 11.6. The zero-order chi connectivity index (χ0) is 19.1. The van der Waals surface area contributed by atoms with Gasteiger partial charge in [-0.3, -0.25) is 4.21 Å². The van der Waals surface area contributed by atoms with Crippen molar-refractivity contribution in [2.24, 2.45) is 17.8 Å².